The van der Waals surface area contributed by atoms with Crippen molar-refractivity contribution in [3.63, 3.8) is 0 Å². The molecule has 0 aliphatic heterocycles. The molecule has 154 valence electrons. The number of aliphatic hydroxyl groups excluding tert-OH is 2. The second-order valence-electron chi connectivity index (χ2n) is 2.99. The van der Waals surface area contributed by atoms with E-state index in [1.807, 2.05) is 0 Å². The average Bonchev–Trinajstić information content (AvgIpc) is 2.35. The zero-order chi connectivity index (χ0) is 18.6. The summed E-state index contributed by atoms with van der Waals surface area (Å²) in [7, 11) is -21.7. The summed E-state index contributed by atoms with van der Waals surface area (Å²) in [6, 6.07) is 0. The Morgan fingerprint density at radius 1 is 0.640 bits per heavy atom. The maximum atomic E-state index is 10.2. The standard InChI is InChI=1S/2CH5ClO7P2.3Fe/c2*2-9-11(7,8)1(3)10(4,5)6;;;/h2*1,3H,(H,7,8)(H2,4,5,6);;;/q;;3*+2/p-6. The van der Waals surface area contributed by atoms with Crippen molar-refractivity contribution < 1.29 is 117 Å². The summed E-state index contributed by atoms with van der Waals surface area (Å²) in [6.45, 7) is 0. The van der Waals surface area contributed by atoms with E-state index >= 15 is 0 Å². The molecule has 0 aromatic heterocycles. The van der Waals surface area contributed by atoms with Crippen molar-refractivity contribution in [3.8, 4) is 0 Å². The van der Waals surface area contributed by atoms with Gasteiger partial charge in [0.05, 0.1) is 23.7 Å². The fourth-order valence-corrected chi connectivity index (χ4v) is 4.40. The molecule has 0 saturated heterocycles. The van der Waals surface area contributed by atoms with E-state index < -0.39 is 41.6 Å². The number of hydrogen-bond donors (Lipinski definition) is 2. The molecule has 0 bridgehead atoms. The number of aliphatic hydroxyl groups is 2. The Hall–Kier alpha value is 2.66. The van der Waals surface area contributed by atoms with E-state index in [0.29, 0.717) is 0 Å². The molecule has 4 atom stereocenters. The Morgan fingerprint density at radius 2 is 0.800 bits per heavy atom. The van der Waals surface area contributed by atoms with Crippen LogP contribution in [-0.4, -0.2) is 21.4 Å². The van der Waals surface area contributed by atoms with Crippen LogP contribution in [0.5, 0.6) is 0 Å². The van der Waals surface area contributed by atoms with Crippen LogP contribution < -0.4 is 29.4 Å². The van der Waals surface area contributed by atoms with E-state index in [1.54, 1.807) is 0 Å². The molecule has 0 saturated carbocycles. The van der Waals surface area contributed by atoms with Gasteiger partial charge in [0.2, 0.25) is 0 Å². The van der Waals surface area contributed by atoms with E-state index in [2.05, 4.69) is 31.9 Å². The Bertz CT molecular complexity index is 498. The molecule has 14 nitrogen and oxygen atoms in total. The van der Waals surface area contributed by atoms with Gasteiger partial charge in [0, 0.05) is 0 Å². The summed E-state index contributed by atoms with van der Waals surface area (Å²) >= 11 is 8.52. The molecule has 0 heterocycles. The van der Waals surface area contributed by atoms with Gasteiger partial charge in [0.15, 0.2) is 15.2 Å². The summed E-state index contributed by atoms with van der Waals surface area (Å²) < 4.78 is 46.2. The third kappa shape index (κ3) is 15.2. The fraction of sp³-hybridized carbons (Fsp3) is 1.00. The molecule has 0 spiro atoms. The summed E-state index contributed by atoms with van der Waals surface area (Å²) in [5.41, 5.74) is -6.26. The van der Waals surface area contributed by atoms with Crippen LogP contribution in [0.25, 0.3) is 0 Å². The molecule has 0 aromatic rings. The third-order valence-corrected chi connectivity index (χ3v) is 8.52. The zero-order valence-electron chi connectivity index (χ0n) is 10.6. The van der Waals surface area contributed by atoms with Crippen molar-refractivity contribution in [1.82, 2.24) is 0 Å². The molecule has 4 unspecified atom stereocenters. The van der Waals surface area contributed by atoms with Crippen molar-refractivity contribution in [2.24, 2.45) is 0 Å². The molecule has 0 aliphatic rings. The summed E-state index contributed by atoms with van der Waals surface area (Å²) in [4.78, 5) is 59.8. The van der Waals surface area contributed by atoms with Gasteiger partial charge >= 0.3 is 51.2 Å². The van der Waals surface area contributed by atoms with Crippen molar-refractivity contribution in [2.75, 3.05) is 0 Å². The number of halogens is 2. The summed E-state index contributed by atoms with van der Waals surface area (Å²) in [6.07, 6.45) is 0. The van der Waals surface area contributed by atoms with Gasteiger partial charge in [-0.1, -0.05) is 0 Å². The van der Waals surface area contributed by atoms with Crippen LogP contribution in [0.4, 0.5) is 0 Å². The molecule has 0 aromatic carbocycles. The molecule has 0 rings (SSSR count). The van der Waals surface area contributed by atoms with Crippen LogP contribution in [0.2, 0.25) is 0 Å². The quantitative estimate of drug-likeness (QED) is 0.212. The van der Waals surface area contributed by atoms with Crippen LogP contribution in [0.3, 0.4) is 0 Å². The summed E-state index contributed by atoms with van der Waals surface area (Å²) in [5, 5.41) is 16.5. The van der Waals surface area contributed by atoms with Crippen LogP contribution in [0, 0.1) is 0 Å². The second-order valence-corrected chi connectivity index (χ2v) is 11.2. The SMILES string of the molecule is O=P([O-])([O-])C(O)P(=O)([O-])OCl.O=P([O-])([O-])C(O)P(=O)([O-])OCl.[Fe+2].[Fe+2].[Fe+2]. The normalized spacial score (nSPS) is 18.3. The van der Waals surface area contributed by atoms with Crippen molar-refractivity contribution >= 4 is 54.1 Å². The van der Waals surface area contributed by atoms with Gasteiger partial charge in [0.25, 0.3) is 0 Å². The number of rotatable bonds is 6. The van der Waals surface area contributed by atoms with Crippen LogP contribution in [-0.2, 0) is 77.6 Å². The van der Waals surface area contributed by atoms with Gasteiger partial charge in [-0.05, 0) is 15.2 Å². The van der Waals surface area contributed by atoms with Crippen LogP contribution in [0.1, 0.15) is 0 Å². The smallest absolute Gasteiger partial charge is 0.809 e. The van der Waals surface area contributed by atoms with E-state index in [1.165, 1.54) is 0 Å². The fourth-order valence-electron chi connectivity index (χ4n) is 0.418. The molecule has 2 N–H and O–H groups in total. The maximum Gasteiger partial charge on any atom is 2.00 e. The predicted molar refractivity (Wildman–Crippen MR) is 56.3 cm³/mol. The Morgan fingerprint density at radius 3 is 0.840 bits per heavy atom. The van der Waals surface area contributed by atoms with Gasteiger partial charge in [0.1, 0.15) is 11.2 Å². The first-order chi connectivity index (χ1) is 9.43. The molecule has 25 heavy (non-hydrogen) atoms. The molecule has 0 fully saturated rings. The first kappa shape index (κ1) is 38.3. The van der Waals surface area contributed by atoms with Gasteiger partial charge in [-0.15, -0.1) is 0 Å². The zero-order valence-corrected chi connectivity index (χ0v) is 19.0. The van der Waals surface area contributed by atoms with E-state index in [-0.39, 0.29) is 51.2 Å². The van der Waals surface area contributed by atoms with Crippen molar-refractivity contribution in [3.05, 3.63) is 0 Å². The van der Waals surface area contributed by atoms with E-state index in [0.717, 1.165) is 0 Å². The molecular formula is C2H4Cl2Fe3O14P4. The maximum absolute atomic E-state index is 10.2. The molecule has 23 heteroatoms. The van der Waals surface area contributed by atoms with Crippen LogP contribution >= 0.6 is 54.1 Å². The average molecular weight is 614 g/mol. The minimum atomic E-state index is -5.62. The Kier molecular flexibility index (Phi) is 22.4. The van der Waals surface area contributed by atoms with E-state index in [9.17, 15) is 47.6 Å². The molecule has 0 radical (unpaired) electrons. The minimum absolute atomic E-state index is 0. The Balaban J connectivity index is -0.0000000952. The Labute approximate surface area is 181 Å². The topological polar surface area (TPSA) is 266 Å². The third-order valence-electron chi connectivity index (χ3n) is 1.32. The first-order valence-electron chi connectivity index (χ1n) is 4.05. The van der Waals surface area contributed by atoms with Gasteiger partial charge in [-0.2, -0.15) is 0 Å². The van der Waals surface area contributed by atoms with Gasteiger partial charge in [-0.25, -0.2) is 8.15 Å². The van der Waals surface area contributed by atoms with Gasteiger partial charge in [-0.3, -0.25) is 0 Å². The van der Waals surface area contributed by atoms with Crippen molar-refractivity contribution in [1.29, 1.82) is 0 Å². The molecule has 0 aliphatic carbocycles. The first-order valence-corrected chi connectivity index (χ1v) is 11.1. The molecule has 0 amide bonds. The monoisotopic (exact) mass is 614 g/mol. The second kappa shape index (κ2) is 14.6. The van der Waals surface area contributed by atoms with Crippen LogP contribution in [0.15, 0.2) is 0 Å². The minimum Gasteiger partial charge on any atom is -0.809 e. The number of hydrogen-bond acceptors (Lipinski definition) is 14. The largest absolute Gasteiger partial charge is 2.00 e. The summed E-state index contributed by atoms with van der Waals surface area (Å²) in [5.74, 6) is 0. The van der Waals surface area contributed by atoms with E-state index in [4.69, 9.17) is 10.2 Å². The van der Waals surface area contributed by atoms with Crippen molar-refractivity contribution in [2.45, 2.75) is 11.2 Å². The molecular weight excluding hydrogens is 610 g/mol. The van der Waals surface area contributed by atoms with Gasteiger partial charge < -0.3 is 57.8 Å². The predicted octanol–water partition coefficient (Wildman–Crippen LogP) is -4.21.